The summed E-state index contributed by atoms with van der Waals surface area (Å²) in [6.07, 6.45) is 2.29. The Hall–Kier alpha value is -0.660. The first-order chi connectivity index (χ1) is 7.95. The predicted molar refractivity (Wildman–Crippen MR) is 63.8 cm³/mol. The molecule has 100 valence electrons. The molecule has 0 aromatic heterocycles. The monoisotopic (exact) mass is 264 g/mol. The van der Waals surface area contributed by atoms with Gasteiger partial charge in [0, 0.05) is 33.2 Å². The third kappa shape index (κ3) is 4.61. The van der Waals surface area contributed by atoms with Gasteiger partial charge in [-0.25, -0.2) is 13.6 Å². The zero-order chi connectivity index (χ0) is 12.9. The minimum absolute atomic E-state index is 0.0181. The van der Waals surface area contributed by atoms with Crippen LogP contribution in [0.5, 0.6) is 0 Å². The van der Waals surface area contributed by atoms with E-state index in [0.717, 1.165) is 0 Å². The predicted octanol–water partition coefficient (Wildman–Crippen LogP) is -0.307. The first-order valence-electron chi connectivity index (χ1n) is 5.73. The highest BCUT2D eigenvalue weighted by atomic mass is 32.2. The molecule has 7 heteroatoms. The maximum Gasteiger partial charge on any atom is 0.222 e. The van der Waals surface area contributed by atoms with Gasteiger partial charge in [0.05, 0.1) is 5.25 Å². The molecule has 0 bridgehead atoms. The van der Waals surface area contributed by atoms with Crippen molar-refractivity contribution in [1.29, 1.82) is 0 Å². The third-order valence-electron chi connectivity index (χ3n) is 2.93. The van der Waals surface area contributed by atoms with Crippen LogP contribution in [-0.2, 0) is 19.6 Å². The first kappa shape index (κ1) is 14.4. The lowest BCUT2D eigenvalue weighted by Gasteiger charge is -2.31. The number of carbonyl (C=O) groups is 1. The number of primary sulfonamides is 1. The molecule has 0 aromatic carbocycles. The number of hydrogen-bond acceptors (Lipinski definition) is 4. The van der Waals surface area contributed by atoms with E-state index in [1.54, 1.807) is 12.0 Å². The third-order valence-corrected chi connectivity index (χ3v) is 4.25. The molecule has 0 aliphatic carbocycles. The lowest BCUT2D eigenvalue weighted by Crippen LogP contribution is -2.47. The Morgan fingerprint density at radius 2 is 2.24 bits per heavy atom. The molecule has 1 unspecified atom stereocenters. The van der Waals surface area contributed by atoms with Gasteiger partial charge >= 0.3 is 0 Å². The second-order valence-corrected chi connectivity index (χ2v) is 6.13. The number of methoxy groups -OCH3 is 1. The molecule has 1 fully saturated rings. The standard InChI is InChI=1S/C10H20N2O4S/c1-16-7-3-5-10(13)12-6-2-4-9(8-12)17(11,14)15/h9H,2-8H2,1H3,(H2,11,14,15). The van der Waals surface area contributed by atoms with Crippen molar-refractivity contribution >= 4 is 15.9 Å². The van der Waals surface area contributed by atoms with Crippen molar-refractivity contribution in [3.8, 4) is 0 Å². The number of ether oxygens (including phenoxy) is 1. The quantitative estimate of drug-likeness (QED) is 0.690. The van der Waals surface area contributed by atoms with Crippen molar-refractivity contribution in [3.05, 3.63) is 0 Å². The minimum Gasteiger partial charge on any atom is -0.385 e. The number of carbonyl (C=O) groups excluding carboxylic acids is 1. The molecule has 0 spiro atoms. The molecule has 1 saturated heterocycles. The molecule has 17 heavy (non-hydrogen) atoms. The number of sulfonamides is 1. The molecule has 2 N–H and O–H groups in total. The average Bonchev–Trinajstić information content (AvgIpc) is 2.28. The van der Waals surface area contributed by atoms with E-state index in [1.165, 1.54) is 0 Å². The molecule has 0 saturated carbocycles. The summed E-state index contributed by atoms with van der Waals surface area (Å²) in [7, 11) is -1.95. The Morgan fingerprint density at radius 1 is 1.53 bits per heavy atom. The highest BCUT2D eigenvalue weighted by Gasteiger charge is 2.29. The van der Waals surface area contributed by atoms with Gasteiger partial charge in [-0.05, 0) is 19.3 Å². The number of nitrogens with zero attached hydrogens (tertiary/aromatic N) is 1. The van der Waals surface area contributed by atoms with Gasteiger partial charge in [-0.2, -0.15) is 0 Å². The van der Waals surface area contributed by atoms with Crippen LogP contribution in [0.1, 0.15) is 25.7 Å². The highest BCUT2D eigenvalue weighted by molar-refractivity contribution is 7.89. The average molecular weight is 264 g/mol. The molecular formula is C10H20N2O4S. The van der Waals surface area contributed by atoms with E-state index in [9.17, 15) is 13.2 Å². The lowest BCUT2D eigenvalue weighted by atomic mass is 10.1. The Kier molecular flexibility index (Phi) is 5.35. The van der Waals surface area contributed by atoms with Gasteiger partial charge in [0.1, 0.15) is 0 Å². The number of amides is 1. The van der Waals surface area contributed by atoms with Crippen molar-refractivity contribution in [3.63, 3.8) is 0 Å². The summed E-state index contributed by atoms with van der Waals surface area (Å²) < 4.78 is 27.3. The summed E-state index contributed by atoms with van der Waals surface area (Å²) in [5.41, 5.74) is 0. The topological polar surface area (TPSA) is 89.7 Å². The number of piperidine rings is 1. The molecule has 1 heterocycles. The molecule has 0 aromatic rings. The Morgan fingerprint density at radius 3 is 2.82 bits per heavy atom. The van der Waals surface area contributed by atoms with E-state index in [1.807, 2.05) is 0 Å². The van der Waals surface area contributed by atoms with Gasteiger partial charge < -0.3 is 9.64 Å². The van der Waals surface area contributed by atoms with E-state index in [0.29, 0.717) is 38.8 Å². The van der Waals surface area contributed by atoms with Crippen molar-refractivity contribution in [2.24, 2.45) is 5.14 Å². The maximum atomic E-state index is 11.8. The number of nitrogens with two attached hydrogens (primary N) is 1. The van der Waals surface area contributed by atoms with Gasteiger partial charge in [-0.3, -0.25) is 4.79 Å². The first-order valence-corrected chi connectivity index (χ1v) is 7.34. The van der Waals surface area contributed by atoms with Crippen molar-refractivity contribution in [1.82, 2.24) is 4.90 Å². The van der Waals surface area contributed by atoms with Crippen molar-refractivity contribution in [2.75, 3.05) is 26.8 Å². The van der Waals surface area contributed by atoms with Crippen LogP contribution < -0.4 is 5.14 Å². The number of hydrogen-bond donors (Lipinski definition) is 1. The fraction of sp³-hybridized carbons (Fsp3) is 0.900. The maximum absolute atomic E-state index is 11.8. The molecular weight excluding hydrogens is 244 g/mol. The van der Waals surface area contributed by atoms with E-state index >= 15 is 0 Å². The van der Waals surface area contributed by atoms with Crippen LogP contribution in [-0.4, -0.2) is 51.3 Å². The molecule has 1 amide bonds. The summed E-state index contributed by atoms with van der Waals surface area (Å²) in [4.78, 5) is 13.4. The van der Waals surface area contributed by atoms with Crippen LogP contribution in [0.3, 0.4) is 0 Å². The van der Waals surface area contributed by atoms with Gasteiger partial charge in [0.2, 0.25) is 15.9 Å². The summed E-state index contributed by atoms with van der Waals surface area (Å²) in [5.74, 6) is -0.0181. The lowest BCUT2D eigenvalue weighted by molar-refractivity contribution is -0.132. The summed E-state index contributed by atoms with van der Waals surface area (Å²) in [6, 6.07) is 0. The van der Waals surface area contributed by atoms with Crippen LogP contribution in [0, 0.1) is 0 Å². The van der Waals surface area contributed by atoms with Crippen LogP contribution in [0.15, 0.2) is 0 Å². The second-order valence-electron chi connectivity index (χ2n) is 4.29. The number of rotatable bonds is 5. The largest absolute Gasteiger partial charge is 0.385 e. The highest BCUT2D eigenvalue weighted by Crippen LogP contribution is 2.16. The smallest absolute Gasteiger partial charge is 0.222 e. The summed E-state index contributed by atoms with van der Waals surface area (Å²) >= 11 is 0. The SMILES string of the molecule is COCCCC(=O)N1CCCC(S(N)(=O)=O)C1. The minimum atomic E-state index is -3.54. The van der Waals surface area contributed by atoms with E-state index in [-0.39, 0.29) is 12.5 Å². The summed E-state index contributed by atoms with van der Waals surface area (Å²) in [6.45, 7) is 1.39. The van der Waals surface area contributed by atoms with E-state index in [4.69, 9.17) is 9.88 Å². The van der Waals surface area contributed by atoms with Gasteiger partial charge in [0.25, 0.3) is 0 Å². The molecule has 0 radical (unpaired) electrons. The van der Waals surface area contributed by atoms with Crippen LogP contribution in [0.25, 0.3) is 0 Å². The molecule has 1 aliphatic rings. The normalized spacial score (nSPS) is 21.5. The van der Waals surface area contributed by atoms with Gasteiger partial charge in [-0.1, -0.05) is 0 Å². The zero-order valence-electron chi connectivity index (χ0n) is 10.1. The van der Waals surface area contributed by atoms with Crippen LogP contribution in [0.4, 0.5) is 0 Å². The fourth-order valence-electron chi connectivity index (χ4n) is 1.96. The van der Waals surface area contributed by atoms with Gasteiger partial charge in [-0.15, -0.1) is 0 Å². The fourth-order valence-corrected chi connectivity index (χ4v) is 2.84. The molecule has 1 atom stereocenters. The Bertz CT molecular complexity index is 355. The van der Waals surface area contributed by atoms with Crippen molar-refractivity contribution in [2.45, 2.75) is 30.9 Å². The zero-order valence-corrected chi connectivity index (χ0v) is 10.9. The van der Waals surface area contributed by atoms with Crippen LogP contribution in [0.2, 0.25) is 0 Å². The molecule has 1 rings (SSSR count). The van der Waals surface area contributed by atoms with Crippen LogP contribution >= 0.6 is 0 Å². The second kappa shape index (κ2) is 6.32. The molecule has 1 aliphatic heterocycles. The van der Waals surface area contributed by atoms with Crippen molar-refractivity contribution < 1.29 is 17.9 Å². The molecule has 6 nitrogen and oxygen atoms in total. The van der Waals surface area contributed by atoms with Gasteiger partial charge in [0.15, 0.2) is 0 Å². The van der Waals surface area contributed by atoms with E-state index < -0.39 is 15.3 Å². The number of likely N-dealkylation sites (tertiary alicyclic amines) is 1. The Balaban J connectivity index is 2.46. The van der Waals surface area contributed by atoms with E-state index in [2.05, 4.69) is 0 Å². The summed E-state index contributed by atoms with van der Waals surface area (Å²) in [5, 5.41) is 4.50. The Labute approximate surface area is 102 Å².